The molecule has 8 nitrogen and oxygen atoms in total. The summed E-state index contributed by atoms with van der Waals surface area (Å²) < 4.78 is 11.8. The lowest BCUT2D eigenvalue weighted by Gasteiger charge is -2.13. The van der Waals surface area contributed by atoms with Crippen LogP contribution in [0.15, 0.2) is 79.0 Å². The molecule has 0 bridgehead atoms. The lowest BCUT2D eigenvalue weighted by molar-refractivity contribution is 0.262. The van der Waals surface area contributed by atoms with E-state index in [-0.39, 0.29) is 0 Å². The fourth-order valence-electron chi connectivity index (χ4n) is 3.22. The van der Waals surface area contributed by atoms with Gasteiger partial charge in [-0.25, -0.2) is 14.6 Å². The molecule has 4 aromatic rings. The number of anilines is 2. The Hall–Kier alpha value is -5.34. The van der Waals surface area contributed by atoms with E-state index in [0.29, 0.717) is 45.8 Å². The molecule has 3 aromatic carbocycles. The van der Waals surface area contributed by atoms with Gasteiger partial charge in [0.15, 0.2) is 5.69 Å². The maximum Gasteiger partial charge on any atom is 0.323 e. The van der Waals surface area contributed by atoms with E-state index in [0.717, 1.165) is 11.1 Å². The van der Waals surface area contributed by atoms with Gasteiger partial charge in [-0.05, 0) is 61.4 Å². The van der Waals surface area contributed by atoms with E-state index >= 15 is 0 Å². The van der Waals surface area contributed by atoms with Gasteiger partial charge in [-0.15, -0.1) is 0 Å². The smallest absolute Gasteiger partial charge is 0.323 e. The third-order valence-electron chi connectivity index (χ3n) is 5.16. The zero-order valence-electron chi connectivity index (χ0n) is 19.6. The minimum atomic E-state index is -0.430. The maximum absolute atomic E-state index is 12.7. The van der Waals surface area contributed by atoms with E-state index in [1.165, 1.54) is 6.20 Å². The van der Waals surface area contributed by atoms with Gasteiger partial charge in [-0.1, -0.05) is 24.3 Å². The van der Waals surface area contributed by atoms with Crippen LogP contribution in [0, 0.1) is 31.8 Å². The van der Waals surface area contributed by atoms with E-state index < -0.39 is 6.03 Å². The number of pyridine rings is 1. The van der Waals surface area contributed by atoms with Crippen molar-refractivity contribution < 1.29 is 14.3 Å². The number of carbonyl (C=O) groups excluding carboxylic acids is 1. The molecule has 0 aliphatic heterocycles. The van der Waals surface area contributed by atoms with Gasteiger partial charge in [0.05, 0.1) is 12.8 Å². The second-order valence-electron chi connectivity index (χ2n) is 7.84. The molecule has 176 valence electrons. The highest BCUT2D eigenvalue weighted by Gasteiger charge is 2.10. The zero-order valence-corrected chi connectivity index (χ0v) is 19.6. The molecule has 2 amide bonds. The minimum Gasteiger partial charge on any atom is -0.457 e. The summed E-state index contributed by atoms with van der Waals surface area (Å²) in [5.41, 5.74) is 3.69. The third-order valence-corrected chi connectivity index (χ3v) is 5.16. The second-order valence-corrected chi connectivity index (χ2v) is 7.84. The summed E-state index contributed by atoms with van der Waals surface area (Å²) in [6.07, 6.45) is 1.47. The van der Waals surface area contributed by atoms with Crippen molar-refractivity contribution in [2.24, 2.45) is 0 Å². The molecule has 0 aliphatic rings. The van der Waals surface area contributed by atoms with Crippen LogP contribution in [-0.4, -0.2) is 11.0 Å². The van der Waals surface area contributed by atoms with Gasteiger partial charge in [0.1, 0.15) is 34.8 Å². The Morgan fingerprint density at radius 1 is 0.861 bits per heavy atom. The Morgan fingerprint density at radius 3 is 1.92 bits per heavy atom. The summed E-state index contributed by atoms with van der Waals surface area (Å²) in [6.45, 7) is 10.8. The van der Waals surface area contributed by atoms with Crippen molar-refractivity contribution in [1.29, 1.82) is 5.26 Å². The number of ether oxygens (including phenoxy) is 2. The summed E-state index contributed by atoms with van der Waals surface area (Å²) in [6, 6.07) is 22.3. The highest BCUT2D eigenvalue weighted by molar-refractivity contribution is 6.00. The highest BCUT2D eigenvalue weighted by atomic mass is 16.5. The van der Waals surface area contributed by atoms with Gasteiger partial charge in [0, 0.05) is 23.5 Å². The van der Waals surface area contributed by atoms with Crippen LogP contribution in [0.1, 0.15) is 16.8 Å². The molecule has 4 rings (SSSR count). The number of hydrogen-bond acceptors (Lipinski definition) is 5. The van der Waals surface area contributed by atoms with Crippen LogP contribution in [0.2, 0.25) is 0 Å². The quantitative estimate of drug-likeness (QED) is 0.284. The second kappa shape index (κ2) is 10.7. The lowest BCUT2D eigenvalue weighted by Crippen LogP contribution is -2.19. The Balaban J connectivity index is 1.43. The number of rotatable bonds is 6. The average molecular weight is 476 g/mol. The SMILES string of the molecule is [C-]#[N+]c1ccc(Oc2cc(NC(=O)Nc3ccc(C)c(Oc4ccc(C#N)nc4)c3)ccc2C)cc1. The van der Waals surface area contributed by atoms with Crippen molar-refractivity contribution in [2.45, 2.75) is 13.8 Å². The number of aryl methyl sites for hydroxylation is 2. The van der Waals surface area contributed by atoms with Crippen molar-refractivity contribution in [2.75, 3.05) is 10.6 Å². The van der Waals surface area contributed by atoms with E-state index in [4.69, 9.17) is 21.3 Å². The summed E-state index contributed by atoms with van der Waals surface area (Å²) in [5, 5.41) is 14.5. The first-order valence-electron chi connectivity index (χ1n) is 10.9. The summed E-state index contributed by atoms with van der Waals surface area (Å²) in [7, 11) is 0. The lowest BCUT2D eigenvalue weighted by atomic mass is 10.2. The molecule has 0 spiro atoms. The first kappa shape index (κ1) is 23.8. The molecule has 0 unspecified atom stereocenters. The van der Waals surface area contributed by atoms with E-state index in [2.05, 4.69) is 20.5 Å². The first-order chi connectivity index (χ1) is 17.4. The topological polar surface area (TPSA) is 101 Å². The van der Waals surface area contributed by atoms with Crippen LogP contribution < -0.4 is 20.1 Å². The standard InChI is InChI=1S/C28H21N5O3/c1-18-4-6-21(14-26(18)35-24-11-8-20(30-3)9-12-24)32-28(34)33-22-7-5-19(2)27(15-22)36-25-13-10-23(16-29)31-17-25/h4-15,17H,1-2H3,(H2,32,33,34). The molecule has 8 heteroatoms. The Morgan fingerprint density at radius 2 is 1.42 bits per heavy atom. The predicted molar refractivity (Wildman–Crippen MR) is 137 cm³/mol. The molecule has 0 saturated carbocycles. The molecule has 0 radical (unpaired) electrons. The van der Waals surface area contributed by atoms with E-state index in [1.54, 1.807) is 60.7 Å². The predicted octanol–water partition coefficient (Wildman–Crippen LogP) is 7.35. The van der Waals surface area contributed by atoms with Crippen LogP contribution in [-0.2, 0) is 0 Å². The molecular formula is C28H21N5O3. The zero-order chi connectivity index (χ0) is 25.5. The maximum atomic E-state index is 12.7. The fraction of sp³-hybridized carbons (Fsp3) is 0.0714. The minimum absolute atomic E-state index is 0.300. The summed E-state index contributed by atoms with van der Waals surface area (Å²) >= 11 is 0. The number of nitrogens with one attached hydrogen (secondary N) is 2. The number of urea groups is 1. The van der Waals surface area contributed by atoms with Gasteiger partial charge in [0.25, 0.3) is 0 Å². The third kappa shape index (κ3) is 5.96. The molecule has 1 heterocycles. The van der Waals surface area contributed by atoms with E-state index in [1.807, 2.05) is 32.0 Å². The van der Waals surface area contributed by atoms with Gasteiger partial charge in [-0.2, -0.15) is 5.26 Å². The summed E-state index contributed by atoms with van der Waals surface area (Å²) in [5.74, 6) is 2.21. The van der Waals surface area contributed by atoms with Gasteiger partial charge >= 0.3 is 6.03 Å². The molecular weight excluding hydrogens is 454 g/mol. The Kier molecular flexibility index (Phi) is 7.09. The molecule has 2 N–H and O–H groups in total. The van der Waals surface area contributed by atoms with Gasteiger partial charge in [0.2, 0.25) is 0 Å². The van der Waals surface area contributed by atoms with E-state index in [9.17, 15) is 4.79 Å². The first-order valence-corrected chi connectivity index (χ1v) is 10.9. The molecule has 36 heavy (non-hydrogen) atoms. The monoisotopic (exact) mass is 475 g/mol. The normalized spacial score (nSPS) is 10.0. The Bertz CT molecular complexity index is 1370. The fourth-order valence-corrected chi connectivity index (χ4v) is 3.22. The van der Waals surface area contributed by atoms with Crippen LogP contribution >= 0.6 is 0 Å². The van der Waals surface area contributed by atoms with Crippen LogP contribution in [0.4, 0.5) is 21.9 Å². The van der Waals surface area contributed by atoms with Crippen molar-refractivity contribution in [1.82, 2.24) is 4.98 Å². The van der Waals surface area contributed by atoms with Crippen molar-refractivity contribution in [3.8, 4) is 29.1 Å². The summed E-state index contributed by atoms with van der Waals surface area (Å²) in [4.78, 5) is 20.0. The average Bonchev–Trinajstić information content (AvgIpc) is 2.89. The van der Waals surface area contributed by atoms with Crippen molar-refractivity contribution in [3.63, 3.8) is 0 Å². The van der Waals surface area contributed by atoms with Crippen molar-refractivity contribution >= 4 is 23.1 Å². The number of carbonyl (C=O) groups is 1. The van der Waals surface area contributed by atoms with Gasteiger partial charge < -0.3 is 20.1 Å². The number of nitrogens with zero attached hydrogens (tertiary/aromatic N) is 3. The molecule has 0 aliphatic carbocycles. The largest absolute Gasteiger partial charge is 0.457 e. The highest BCUT2D eigenvalue weighted by Crippen LogP contribution is 2.30. The number of aromatic nitrogens is 1. The van der Waals surface area contributed by atoms with Crippen molar-refractivity contribution in [3.05, 3.63) is 107 Å². The van der Waals surface area contributed by atoms with Crippen LogP contribution in [0.25, 0.3) is 4.85 Å². The van der Waals surface area contributed by atoms with Crippen LogP contribution in [0.3, 0.4) is 0 Å². The van der Waals surface area contributed by atoms with Gasteiger partial charge in [-0.3, -0.25) is 0 Å². The molecule has 0 fully saturated rings. The molecule has 0 saturated heterocycles. The number of hydrogen-bond donors (Lipinski definition) is 2. The van der Waals surface area contributed by atoms with Crippen LogP contribution in [0.5, 0.6) is 23.0 Å². The number of nitriles is 1. The number of amides is 2. The molecule has 1 aromatic heterocycles. The Labute approximate surface area is 208 Å². The molecule has 0 atom stereocenters. The number of benzene rings is 3.